The molecule has 0 heterocycles. The molecule has 0 fully saturated rings. The molecule has 6 heavy (non-hydrogen) atoms. The lowest BCUT2D eigenvalue weighted by molar-refractivity contribution is 0.672. The van der Waals surface area contributed by atoms with Gasteiger partial charge in [-0.2, -0.15) is 0 Å². The monoisotopic (exact) mass is 105 g/mol. The van der Waals surface area contributed by atoms with E-state index in [1.807, 2.05) is 0 Å². The molecule has 0 aromatic rings. The molecule has 38 valence electrons. The SMILES string of the molecule is CC[C@@H](C)NS. The molecule has 0 aliphatic rings. The lowest BCUT2D eigenvalue weighted by Gasteiger charge is -2.01. The molecule has 2 heteroatoms. The molecule has 1 N–H and O–H groups in total. The van der Waals surface area contributed by atoms with E-state index in [-0.39, 0.29) is 0 Å². The van der Waals surface area contributed by atoms with Crippen LogP contribution < -0.4 is 4.72 Å². The van der Waals surface area contributed by atoms with Gasteiger partial charge in [-0.15, -0.1) is 0 Å². The Morgan fingerprint density at radius 2 is 2.33 bits per heavy atom. The largest absolute Gasteiger partial charge is 0.264 e. The topological polar surface area (TPSA) is 12.0 Å². The second-order valence-electron chi connectivity index (χ2n) is 1.44. The highest BCUT2D eigenvalue weighted by Crippen LogP contribution is 1.85. The lowest BCUT2D eigenvalue weighted by atomic mass is 10.3. The van der Waals surface area contributed by atoms with Crippen LogP contribution >= 0.6 is 12.8 Å². The molecule has 0 radical (unpaired) electrons. The first kappa shape index (κ1) is 6.31. The van der Waals surface area contributed by atoms with Gasteiger partial charge < -0.3 is 0 Å². The third-order valence-corrected chi connectivity index (χ3v) is 1.27. The van der Waals surface area contributed by atoms with Crippen molar-refractivity contribution in [1.29, 1.82) is 0 Å². The Kier molecular flexibility index (Phi) is 3.68. The zero-order valence-corrected chi connectivity index (χ0v) is 5.13. The molecule has 0 amide bonds. The molecule has 0 bridgehead atoms. The zero-order valence-electron chi connectivity index (χ0n) is 4.23. The standard InChI is InChI=1S/C4H11NS/c1-3-4(2)5-6/h4-6H,3H2,1-2H3/t4-/m1/s1. The third kappa shape index (κ3) is 2.54. The summed E-state index contributed by atoms with van der Waals surface area (Å²) < 4.78 is 2.81. The highest BCUT2D eigenvalue weighted by molar-refractivity contribution is 7.78. The van der Waals surface area contributed by atoms with Gasteiger partial charge >= 0.3 is 0 Å². The van der Waals surface area contributed by atoms with E-state index in [1.54, 1.807) is 0 Å². The van der Waals surface area contributed by atoms with Crippen LogP contribution in [-0.2, 0) is 0 Å². The van der Waals surface area contributed by atoms with Gasteiger partial charge in [-0.1, -0.05) is 19.7 Å². The van der Waals surface area contributed by atoms with Crippen molar-refractivity contribution < 1.29 is 0 Å². The highest BCUT2D eigenvalue weighted by atomic mass is 32.1. The van der Waals surface area contributed by atoms with Gasteiger partial charge in [0.15, 0.2) is 0 Å². The summed E-state index contributed by atoms with van der Waals surface area (Å²) in [6.45, 7) is 4.21. The van der Waals surface area contributed by atoms with Crippen molar-refractivity contribution in [2.75, 3.05) is 0 Å². The average Bonchev–Trinajstić information content (AvgIpc) is 1.65. The molecule has 0 aromatic heterocycles. The molecular weight excluding hydrogens is 94.1 g/mol. The van der Waals surface area contributed by atoms with E-state index in [9.17, 15) is 0 Å². The number of hydrogen-bond donors (Lipinski definition) is 2. The summed E-state index contributed by atoms with van der Waals surface area (Å²) in [7, 11) is 0. The van der Waals surface area contributed by atoms with E-state index in [0.717, 1.165) is 6.42 Å². The van der Waals surface area contributed by atoms with Gasteiger partial charge in [0.25, 0.3) is 0 Å². The van der Waals surface area contributed by atoms with Crippen molar-refractivity contribution in [3.05, 3.63) is 0 Å². The van der Waals surface area contributed by atoms with Crippen molar-refractivity contribution in [2.45, 2.75) is 26.3 Å². The van der Waals surface area contributed by atoms with E-state index in [4.69, 9.17) is 0 Å². The number of rotatable bonds is 2. The Balaban J connectivity index is 2.75. The predicted octanol–water partition coefficient (Wildman–Crippen LogP) is 1.22. The van der Waals surface area contributed by atoms with Crippen LogP contribution in [0.2, 0.25) is 0 Å². The van der Waals surface area contributed by atoms with Crippen LogP contribution in [0.4, 0.5) is 0 Å². The van der Waals surface area contributed by atoms with Gasteiger partial charge in [-0.05, 0) is 13.3 Å². The molecule has 0 rings (SSSR count). The molecule has 0 aromatic carbocycles. The van der Waals surface area contributed by atoms with Crippen LogP contribution in [0.5, 0.6) is 0 Å². The zero-order chi connectivity index (χ0) is 4.99. The van der Waals surface area contributed by atoms with E-state index in [2.05, 4.69) is 31.4 Å². The molecule has 1 atom stereocenters. The molecule has 0 aliphatic heterocycles. The highest BCUT2D eigenvalue weighted by Gasteiger charge is 1.87. The summed E-state index contributed by atoms with van der Waals surface area (Å²) in [5.41, 5.74) is 0. The van der Waals surface area contributed by atoms with Gasteiger partial charge in [-0.25, -0.2) is 0 Å². The second kappa shape index (κ2) is 3.50. The molecule has 0 spiro atoms. The Morgan fingerprint density at radius 1 is 1.83 bits per heavy atom. The Labute approximate surface area is 44.7 Å². The van der Waals surface area contributed by atoms with E-state index < -0.39 is 0 Å². The van der Waals surface area contributed by atoms with Crippen LogP contribution in [0.1, 0.15) is 20.3 Å². The minimum Gasteiger partial charge on any atom is -0.264 e. The normalized spacial score (nSPS) is 14.5. The molecule has 0 aliphatic carbocycles. The first-order valence-corrected chi connectivity index (χ1v) is 2.65. The maximum atomic E-state index is 3.85. The first-order chi connectivity index (χ1) is 2.81. The summed E-state index contributed by atoms with van der Waals surface area (Å²) in [5.74, 6) is 0. The smallest absolute Gasteiger partial charge is 0.0138 e. The van der Waals surface area contributed by atoms with Gasteiger partial charge in [0.1, 0.15) is 0 Å². The van der Waals surface area contributed by atoms with E-state index in [0.29, 0.717) is 6.04 Å². The summed E-state index contributed by atoms with van der Waals surface area (Å²) in [5, 5.41) is 0. The van der Waals surface area contributed by atoms with Crippen molar-refractivity contribution >= 4 is 12.8 Å². The molecule has 0 saturated carbocycles. The van der Waals surface area contributed by atoms with E-state index >= 15 is 0 Å². The Hall–Kier alpha value is 0.310. The fourth-order valence-corrected chi connectivity index (χ4v) is 0.274. The molecule has 1 nitrogen and oxygen atoms in total. The maximum Gasteiger partial charge on any atom is 0.0138 e. The summed E-state index contributed by atoms with van der Waals surface area (Å²) >= 11 is 3.85. The van der Waals surface area contributed by atoms with Crippen molar-refractivity contribution in [3.63, 3.8) is 0 Å². The van der Waals surface area contributed by atoms with Crippen molar-refractivity contribution in [1.82, 2.24) is 4.72 Å². The number of thiol groups is 1. The van der Waals surface area contributed by atoms with E-state index in [1.165, 1.54) is 0 Å². The number of nitrogens with one attached hydrogen (secondary N) is 1. The quantitative estimate of drug-likeness (QED) is 0.503. The summed E-state index contributed by atoms with van der Waals surface area (Å²) in [6, 6.07) is 0.549. The summed E-state index contributed by atoms with van der Waals surface area (Å²) in [6.07, 6.45) is 1.14. The van der Waals surface area contributed by atoms with Crippen molar-refractivity contribution in [2.24, 2.45) is 0 Å². The second-order valence-corrected chi connectivity index (χ2v) is 1.70. The predicted molar refractivity (Wildman–Crippen MR) is 31.9 cm³/mol. The van der Waals surface area contributed by atoms with Gasteiger partial charge in [0.2, 0.25) is 0 Å². The number of hydrogen-bond acceptors (Lipinski definition) is 2. The minimum absolute atomic E-state index is 0.549. The third-order valence-electron chi connectivity index (χ3n) is 0.833. The van der Waals surface area contributed by atoms with Gasteiger partial charge in [0, 0.05) is 6.04 Å². The maximum absolute atomic E-state index is 3.85. The summed E-state index contributed by atoms with van der Waals surface area (Å²) in [4.78, 5) is 0. The van der Waals surface area contributed by atoms with Crippen LogP contribution in [0.3, 0.4) is 0 Å². The Bertz CT molecular complexity index is 26.7. The van der Waals surface area contributed by atoms with Gasteiger partial charge in [0.05, 0.1) is 0 Å². The molecular formula is C4H11NS. The fourth-order valence-electron chi connectivity index (χ4n) is 0.0913. The van der Waals surface area contributed by atoms with Crippen LogP contribution in [0.15, 0.2) is 0 Å². The average molecular weight is 105 g/mol. The van der Waals surface area contributed by atoms with Crippen LogP contribution in [0, 0.1) is 0 Å². The van der Waals surface area contributed by atoms with Crippen LogP contribution in [-0.4, -0.2) is 6.04 Å². The van der Waals surface area contributed by atoms with Crippen molar-refractivity contribution in [3.8, 4) is 0 Å². The van der Waals surface area contributed by atoms with Crippen LogP contribution in [0.25, 0.3) is 0 Å². The molecule has 0 unspecified atom stereocenters. The first-order valence-electron chi connectivity index (χ1n) is 2.20. The lowest BCUT2D eigenvalue weighted by Crippen LogP contribution is -2.13. The minimum atomic E-state index is 0.549. The molecule has 0 saturated heterocycles. The van der Waals surface area contributed by atoms with Gasteiger partial charge in [-0.3, -0.25) is 4.72 Å². The Morgan fingerprint density at radius 3 is 2.33 bits per heavy atom. The fraction of sp³-hybridized carbons (Fsp3) is 1.00.